The standard InChI is InChI=1S/C27H38O7/c1-26(11-13-28,19-21-3-7-23(8-4-21)33-17-15-30)25(32)27(2,12-14-29)20-22-5-9-24(10-6-22)34-18-16-31/h3-10,28-31H,11-20H2,1-2H3. The molecule has 2 aromatic rings. The number of rotatable bonds is 16. The minimum Gasteiger partial charge on any atom is -0.491 e. The van der Waals surface area contributed by atoms with Crippen LogP contribution >= 0.6 is 0 Å². The minimum absolute atomic E-state index is 0.00399. The minimum atomic E-state index is -0.823. The number of ether oxygens (including phenoxy) is 2. The number of Topliss-reactive ketones (excluding diaryl/α,β-unsaturated/α-hetero) is 1. The van der Waals surface area contributed by atoms with Crippen LogP contribution in [-0.2, 0) is 17.6 Å². The van der Waals surface area contributed by atoms with E-state index in [9.17, 15) is 15.0 Å². The van der Waals surface area contributed by atoms with Crippen molar-refractivity contribution < 1.29 is 34.7 Å². The van der Waals surface area contributed by atoms with Gasteiger partial charge in [0.15, 0.2) is 0 Å². The van der Waals surface area contributed by atoms with Crippen LogP contribution < -0.4 is 9.47 Å². The molecule has 0 fully saturated rings. The zero-order valence-electron chi connectivity index (χ0n) is 20.2. The lowest BCUT2D eigenvalue weighted by atomic mass is 9.64. The third-order valence-electron chi connectivity index (χ3n) is 6.18. The van der Waals surface area contributed by atoms with Crippen LogP contribution in [0.5, 0.6) is 11.5 Å². The van der Waals surface area contributed by atoms with E-state index < -0.39 is 10.8 Å². The summed E-state index contributed by atoms with van der Waals surface area (Å²) in [5.74, 6) is 1.29. The van der Waals surface area contributed by atoms with E-state index in [1.165, 1.54) is 0 Å². The monoisotopic (exact) mass is 474 g/mol. The molecule has 4 N–H and O–H groups in total. The topological polar surface area (TPSA) is 116 Å². The van der Waals surface area contributed by atoms with Gasteiger partial charge >= 0.3 is 0 Å². The Morgan fingerprint density at radius 1 is 0.647 bits per heavy atom. The van der Waals surface area contributed by atoms with Gasteiger partial charge < -0.3 is 29.9 Å². The quantitative estimate of drug-likeness (QED) is 0.295. The van der Waals surface area contributed by atoms with Crippen molar-refractivity contribution in [2.45, 2.75) is 39.5 Å². The molecule has 0 saturated heterocycles. The van der Waals surface area contributed by atoms with Gasteiger partial charge in [0.2, 0.25) is 0 Å². The van der Waals surface area contributed by atoms with Crippen LogP contribution in [0.3, 0.4) is 0 Å². The van der Waals surface area contributed by atoms with E-state index in [2.05, 4.69) is 0 Å². The van der Waals surface area contributed by atoms with Gasteiger partial charge in [-0.3, -0.25) is 4.79 Å². The summed E-state index contributed by atoms with van der Waals surface area (Å²) >= 11 is 0. The van der Waals surface area contributed by atoms with Crippen molar-refractivity contribution in [1.82, 2.24) is 0 Å². The molecule has 0 spiro atoms. The third kappa shape index (κ3) is 7.81. The molecule has 2 rings (SSSR count). The van der Waals surface area contributed by atoms with Crippen LogP contribution in [0.2, 0.25) is 0 Å². The van der Waals surface area contributed by atoms with Crippen LogP contribution in [0.15, 0.2) is 48.5 Å². The maximum atomic E-state index is 14.0. The van der Waals surface area contributed by atoms with Crippen LogP contribution in [0.4, 0.5) is 0 Å². The molecule has 0 aromatic heterocycles. The summed E-state index contributed by atoms with van der Waals surface area (Å²) < 4.78 is 10.8. The van der Waals surface area contributed by atoms with Crippen LogP contribution in [0.25, 0.3) is 0 Å². The molecule has 34 heavy (non-hydrogen) atoms. The summed E-state index contributed by atoms with van der Waals surface area (Å²) in [4.78, 5) is 14.0. The fourth-order valence-electron chi connectivity index (χ4n) is 4.42. The second-order valence-corrected chi connectivity index (χ2v) is 9.18. The SMILES string of the molecule is CC(CCO)(Cc1ccc(OCCO)cc1)C(=O)C(C)(CCO)Cc1ccc(OCCO)cc1. The Labute approximate surface area is 202 Å². The van der Waals surface area contributed by atoms with Crippen LogP contribution in [-0.4, -0.2) is 65.9 Å². The fourth-order valence-corrected chi connectivity index (χ4v) is 4.42. The van der Waals surface area contributed by atoms with E-state index in [1.54, 1.807) is 0 Å². The first-order valence-electron chi connectivity index (χ1n) is 11.7. The molecule has 2 atom stereocenters. The molecular formula is C27H38O7. The van der Waals surface area contributed by atoms with E-state index >= 15 is 0 Å². The molecular weight excluding hydrogens is 436 g/mol. The first kappa shape index (κ1) is 27.8. The molecule has 0 amide bonds. The van der Waals surface area contributed by atoms with Gasteiger partial charge in [0.05, 0.1) is 13.2 Å². The number of benzene rings is 2. The first-order valence-corrected chi connectivity index (χ1v) is 11.7. The maximum absolute atomic E-state index is 14.0. The Morgan fingerprint density at radius 2 is 1.00 bits per heavy atom. The summed E-state index contributed by atoms with van der Waals surface area (Å²) in [6.45, 7) is 3.83. The largest absolute Gasteiger partial charge is 0.491 e. The Bertz CT molecular complexity index is 794. The van der Waals surface area contributed by atoms with E-state index in [0.717, 1.165) is 11.1 Å². The predicted octanol–water partition coefficient (Wildman–Crippen LogP) is 2.56. The van der Waals surface area contributed by atoms with Gasteiger partial charge in [0.25, 0.3) is 0 Å². The molecule has 0 saturated carbocycles. The Balaban J connectivity index is 2.23. The fraction of sp³-hybridized carbons (Fsp3) is 0.519. The highest BCUT2D eigenvalue weighted by molar-refractivity contribution is 5.90. The lowest BCUT2D eigenvalue weighted by Gasteiger charge is -2.38. The number of hydrogen-bond donors (Lipinski definition) is 4. The van der Waals surface area contributed by atoms with Gasteiger partial charge in [-0.2, -0.15) is 0 Å². The Kier molecular flexibility index (Phi) is 11.0. The smallest absolute Gasteiger partial charge is 0.145 e. The zero-order valence-corrected chi connectivity index (χ0v) is 20.2. The van der Waals surface area contributed by atoms with Crippen molar-refractivity contribution in [3.05, 3.63) is 59.7 Å². The van der Waals surface area contributed by atoms with Crippen molar-refractivity contribution in [1.29, 1.82) is 0 Å². The van der Waals surface area contributed by atoms with Crippen molar-refractivity contribution in [2.24, 2.45) is 10.8 Å². The lowest BCUT2D eigenvalue weighted by Crippen LogP contribution is -2.44. The number of aliphatic hydroxyl groups is 4. The number of ketones is 1. The molecule has 7 heteroatoms. The van der Waals surface area contributed by atoms with E-state index in [0.29, 0.717) is 37.2 Å². The van der Waals surface area contributed by atoms with E-state index in [1.807, 2.05) is 62.4 Å². The molecule has 7 nitrogen and oxygen atoms in total. The predicted molar refractivity (Wildman–Crippen MR) is 130 cm³/mol. The van der Waals surface area contributed by atoms with Crippen molar-refractivity contribution in [3.8, 4) is 11.5 Å². The average Bonchev–Trinajstić information content (AvgIpc) is 2.83. The summed E-state index contributed by atoms with van der Waals surface area (Å²) in [6, 6.07) is 14.8. The van der Waals surface area contributed by atoms with E-state index in [-0.39, 0.29) is 45.4 Å². The van der Waals surface area contributed by atoms with Crippen LogP contribution in [0, 0.1) is 10.8 Å². The summed E-state index contributed by atoms with van der Waals surface area (Å²) in [6.07, 6.45) is 1.51. The molecule has 2 aromatic carbocycles. The van der Waals surface area contributed by atoms with Crippen molar-refractivity contribution in [3.63, 3.8) is 0 Å². The van der Waals surface area contributed by atoms with Crippen molar-refractivity contribution >= 4 is 5.78 Å². The number of carbonyl (C=O) groups excluding carboxylic acids is 1. The molecule has 2 unspecified atom stereocenters. The van der Waals surface area contributed by atoms with Gasteiger partial charge in [-0.25, -0.2) is 0 Å². The first-order chi connectivity index (χ1) is 16.3. The highest BCUT2D eigenvalue weighted by Crippen LogP contribution is 2.40. The summed E-state index contributed by atoms with van der Waals surface area (Å²) in [7, 11) is 0. The highest BCUT2D eigenvalue weighted by atomic mass is 16.5. The average molecular weight is 475 g/mol. The second-order valence-electron chi connectivity index (χ2n) is 9.18. The van der Waals surface area contributed by atoms with Gasteiger partial charge in [-0.15, -0.1) is 0 Å². The molecule has 0 aliphatic carbocycles. The molecule has 0 radical (unpaired) electrons. The van der Waals surface area contributed by atoms with E-state index in [4.69, 9.17) is 19.7 Å². The highest BCUT2D eigenvalue weighted by Gasteiger charge is 2.44. The van der Waals surface area contributed by atoms with Gasteiger partial charge in [0.1, 0.15) is 30.5 Å². The van der Waals surface area contributed by atoms with Crippen LogP contribution in [0.1, 0.15) is 37.8 Å². The number of aliphatic hydroxyl groups excluding tert-OH is 4. The normalized spacial score (nSPS) is 14.8. The molecule has 0 aliphatic heterocycles. The Morgan fingerprint density at radius 3 is 1.29 bits per heavy atom. The molecule has 188 valence electrons. The van der Waals surface area contributed by atoms with Gasteiger partial charge in [0, 0.05) is 24.0 Å². The lowest BCUT2D eigenvalue weighted by molar-refractivity contribution is -0.139. The molecule has 0 bridgehead atoms. The zero-order chi connectivity index (χ0) is 25.0. The molecule has 0 aliphatic rings. The Hall–Kier alpha value is -2.45. The second kappa shape index (κ2) is 13.4. The summed E-state index contributed by atoms with van der Waals surface area (Å²) in [5.41, 5.74) is 0.238. The third-order valence-corrected chi connectivity index (χ3v) is 6.18. The van der Waals surface area contributed by atoms with Crippen molar-refractivity contribution in [2.75, 3.05) is 39.6 Å². The summed E-state index contributed by atoms with van der Waals surface area (Å²) in [5, 5.41) is 37.4. The molecule has 0 heterocycles. The van der Waals surface area contributed by atoms with Gasteiger partial charge in [-0.05, 0) is 61.1 Å². The number of hydrogen-bond acceptors (Lipinski definition) is 7. The van der Waals surface area contributed by atoms with Gasteiger partial charge in [-0.1, -0.05) is 38.1 Å². The maximum Gasteiger partial charge on any atom is 0.145 e. The number of carbonyl (C=O) groups is 1.